The zero-order valence-electron chi connectivity index (χ0n) is 8.59. The van der Waals surface area contributed by atoms with Gasteiger partial charge in [-0.25, -0.2) is 0 Å². The summed E-state index contributed by atoms with van der Waals surface area (Å²) in [6.45, 7) is 3.49. The minimum atomic E-state index is -1.17. The number of likely N-dealkylation sites (N-methyl/N-ethyl adjacent to an activating group) is 1. The summed E-state index contributed by atoms with van der Waals surface area (Å²) in [7, 11) is 3.03. The molecule has 0 aliphatic rings. The standard InChI is InChI=1S/C9H17N3O2/c1-4-9(10,8(14)12-3)6-5-7(13)11-2/h4H,1,5-6,10H2,2-3H3,(H,11,13)(H,12,14). The van der Waals surface area contributed by atoms with Crippen LogP contribution in [0.25, 0.3) is 0 Å². The highest BCUT2D eigenvalue weighted by Gasteiger charge is 2.29. The number of rotatable bonds is 5. The fourth-order valence-corrected chi connectivity index (χ4v) is 0.986. The Kier molecular flexibility index (Phi) is 4.86. The molecule has 0 aliphatic carbocycles. The van der Waals surface area contributed by atoms with Crippen LogP contribution >= 0.6 is 0 Å². The van der Waals surface area contributed by atoms with Gasteiger partial charge >= 0.3 is 0 Å². The molecule has 0 radical (unpaired) electrons. The maximum absolute atomic E-state index is 11.3. The highest BCUT2D eigenvalue weighted by atomic mass is 16.2. The maximum atomic E-state index is 11.3. The number of hydrogen-bond acceptors (Lipinski definition) is 3. The van der Waals surface area contributed by atoms with Gasteiger partial charge < -0.3 is 16.4 Å². The predicted molar refractivity (Wildman–Crippen MR) is 54.5 cm³/mol. The van der Waals surface area contributed by atoms with Gasteiger partial charge in [-0.3, -0.25) is 9.59 Å². The van der Waals surface area contributed by atoms with Gasteiger partial charge in [-0.2, -0.15) is 0 Å². The van der Waals surface area contributed by atoms with Crippen molar-refractivity contribution >= 4 is 11.8 Å². The number of carbonyl (C=O) groups is 2. The highest BCUT2D eigenvalue weighted by Crippen LogP contribution is 2.10. The minimum absolute atomic E-state index is 0.148. The van der Waals surface area contributed by atoms with Crippen LogP contribution in [0.4, 0.5) is 0 Å². The molecule has 0 aromatic carbocycles. The van der Waals surface area contributed by atoms with Gasteiger partial charge in [0.2, 0.25) is 11.8 Å². The van der Waals surface area contributed by atoms with Crippen LogP contribution in [0.2, 0.25) is 0 Å². The summed E-state index contributed by atoms with van der Waals surface area (Å²) in [4.78, 5) is 22.3. The lowest BCUT2D eigenvalue weighted by atomic mass is 9.93. The summed E-state index contributed by atoms with van der Waals surface area (Å²) < 4.78 is 0. The SMILES string of the molecule is C=CC(N)(CCC(=O)NC)C(=O)NC. The third-order valence-electron chi connectivity index (χ3n) is 2.06. The zero-order valence-corrected chi connectivity index (χ0v) is 8.59. The summed E-state index contributed by atoms with van der Waals surface area (Å²) in [6.07, 6.45) is 1.80. The van der Waals surface area contributed by atoms with Crippen molar-refractivity contribution in [3.8, 4) is 0 Å². The van der Waals surface area contributed by atoms with Gasteiger partial charge in [-0.05, 0) is 6.42 Å². The third kappa shape index (κ3) is 3.18. The fourth-order valence-electron chi connectivity index (χ4n) is 0.986. The second-order valence-electron chi connectivity index (χ2n) is 3.00. The molecule has 5 nitrogen and oxygen atoms in total. The molecule has 0 aliphatic heterocycles. The van der Waals surface area contributed by atoms with Gasteiger partial charge in [0.1, 0.15) is 5.54 Å². The molecule has 0 fully saturated rings. The van der Waals surface area contributed by atoms with E-state index < -0.39 is 5.54 Å². The molecule has 0 saturated heterocycles. The van der Waals surface area contributed by atoms with E-state index in [1.54, 1.807) is 0 Å². The van der Waals surface area contributed by atoms with E-state index in [1.807, 2.05) is 0 Å². The molecule has 0 bridgehead atoms. The number of nitrogens with one attached hydrogen (secondary N) is 2. The average molecular weight is 199 g/mol. The summed E-state index contributed by atoms with van der Waals surface area (Å²) in [5.74, 6) is -0.484. The summed E-state index contributed by atoms with van der Waals surface area (Å²) in [5, 5.41) is 4.89. The van der Waals surface area contributed by atoms with Crippen LogP contribution in [-0.2, 0) is 9.59 Å². The Morgan fingerprint density at radius 2 is 2.00 bits per heavy atom. The van der Waals surface area contributed by atoms with Crippen molar-refractivity contribution in [2.24, 2.45) is 5.73 Å². The van der Waals surface area contributed by atoms with Gasteiger partial charge in [0.15, 0.2) is 0 Å². The normalized spacial score (nSPS) is 13.9. The number of amides is 2. The quantitative estimate of drug-likeness (QED) is 0.504. The van der Waals surface area contributed by atoms with Crippen molar-refractivity contribution in [1.29, 1.82) is 0 Å². The Labute approximate surface area is 83.7 Å². The van der Waals surface area contributed by atoms with Crippen molar-refractivity contribution in [3.05, 3.63) is 12.7 Å². The first-order valence-electron chi connectivity index (χ1n) is 4.35. The largest absolute Gasteiger partial charge is 0.359 e. The molecule has 0 spiro atoms. The van der Waals surface area contributed by atoms with Crippen LogP contribution in [-0.4, -0.2) is 31.4 Å². The highest BCUT2D eigenvalue weighted by molar-refractivity contribution is 5.88. The van der Waals surface area contributed by atoms with E-state index >= 15 is 0 Å². The molecule has 4 N–H and O–H groups in total. The molecule has 80 valence electrons. The topological polar surface area (TPSA) is 84.2 Å². The monoisotopic (exact) mass is 199 g/mol. The molecule has 0 saturated carbocycles. The molecule has 0 aromatic rings. The molecule has 0 heterocycles. The van der Waals surface area contributed by atoms with Gasteiger partial charge in [-0.1, -0.05) is 6.08 Å². The molecular formula is C9H17N3O2. The molecule has 2 amide bonds. The Morgan fingerprint density at radius 3 is 2.36 bits per heavy atom. The van der Waals surface area contributed by atoms with E-state index in [4.69, 9.17) is 5.73 Å². The number of nitrogens with two attached hydrogens (primary N) is 1. The molecule has 0 aromatic heterocycles. The Balaban J connectivity index is 4.33. The Hall–Kier alpha value is -1.36. The fraction of sp³-hybridized carbons (Fsp3) is 0.556. The lowest BCUT2D eigenvalue weighted by Crippen LogP contribution is -2.51. The van der Waals surface area contributed by atoms with Crippen LogP contribution < -0.4 is 16.4 Å². The van der Waals surface area contributed by atoms with E-state index in [2.05, 4.69) is 17.2 Å². The van der Waals surface area contributed by atoms with Gasteiger partial charge in [-0.15, -0.1) is 6.58 Å². The minimum Gasteiger partial charge on any atom is -0.359 e. The van der Waals surface area contributed by atoms with E-state index in [1.165, 1.54) is 20.2 Å². The number of hydrogen-bond donors (Lipinski definition) is 3. The van der Waals surface area contributed by atoms with E-state index in [-0.39, 0.29) is 24.7 Å². The van der Waals surface area contributed by atoms with Crippen LogP contribution in [0.1, 0.15) is 12.8 Å². The van der Waals surface area contributed by atoms with Crippen molar-refractivity contribution in [2.45, 2.75) is 18.4 Å². The van der Waals surface area contributed by atoms with Crippen LogP contribution in [0.15, 0.2) is 12.7 Å². The van der Waals surface area contributed by atoms with Gasteiger partial charge in [0, 0.05) is 20.5 Å². The molecule has 1 atom stereocenters. The summed E-state index contributed by atoms with van der Waals surface area (Å²) in [5.41, 5.74) is 4.58. The second-order valence-corrected chi connectivity index (χ2v) is 3.00. The maximum Gasteiger partial charge on any atom is 0.243 e. The first-order valence-corrected chi connectivity index (χ1v) is 4.35. The van der Waals surface area contributed by atoms with Gasteiger partial charge in [0.25, 0.3) is 0 Å². The van der Waals surface area contributed by atoms with Crippen LogP contribution in [0.5, 0.6) is 0 Å². The lowest BCUT2D eigenvalue weighted by molar-refractivity contribution is -0.125. The second kappa shape index (κ2) is 5.39. The first kappa shape index (κ1) is 12.6. The zero-order chi connectivity index (χ0) is 11.2. The van der Waals surface area contributed by atoms with Gasteiger partial charge in [0.05, 0.1) is 0 Å². The Bertz CT molecular complexity index is 240. The predicted octanol–water partition coefficient (Wildman–Crippen LogP) is -0.858. The molecular weight excluding hydrogens is 182 g/mol. The number of carbonyl (C=O) groups excluding carboxylic acids is 2. The molecule has 14 heavy (non-hydrogen) atoms. The van der Waals surface area contributed by atoms with E-state index in [0.717, 1.165) is 0 Å². The smallest absolute Gasteiger partial charge is 0.243 e. The molecule has 1 unspecified atom stereocenters. The third-order valence-corrected chi connectivity index (χ3v) is 2.06. The van der Waals surface area contributed by atoms with Crippen molar-refractivity contribution in [1.82, 2.24) is 10.6 Å². The van der Waals surface area contributed by atoms with Crippen molar-refractivity contribution < 1.29 is 9.59 Å². The lowest BCUT2D eigenvalue weighted by Gasteiger charge is -2.22. The van der Waals surface area contributed by atoms with Crippen LogP contribution in [0.3, 0.4) is 0 Å². The summed E-state index contributed by atoms with van der Waals surface area (Å²) >= 11 is 0. The Morgan fingerprint density at radius 1 is 1.43 bits per heavy atom. The van der Waals surface area contributed by atoms with E-state index in [0.29, 0.717) is 0 Å². The van der Waals surface area contributed by atoms with Crippen LogP contribution in [0, 0.1) is 0 Å². The average Bonchev–Trinajstić information content (AvgIpc) is 2.23. The molecule has 0 rings (SSSR count). The van der Waals surface area contributed by atoms with Crippen molar-refractivity contribution in [3.63, 3.8) is 0 Å². The first-order chi connectivity index (χ1) is 6.50. The van der Waals surface area contributed by atoms with E-state index in [9.17, 15) is 9.59 Å². The van der Waals surface area contributed by atoms with Crippen molar-refractivity contribution in [2.75, 3.05) is 14.1 Å². The molecule has 5 heteroatoms. The summed E-state index contributed by atoms with van der Waals surface area (Å²) in [6, 6.07) is 0.